The highest BCUT2D eigenvalue weighted by Gasteiger charge is 2.12. The molecule has 0 aliphatic heterocycles. The lowest BCUT2D eigenvalue weighted by atomic mass is 10.1. The number of aromatic nitrogens is 1. The fourth-order valence-electron chi connectivity index (χ4n) is 2.14. The fourth-order valence-corrected chi connectivity index (χ4v) is 2.72. The first-order valence-electron chi connectivity index (χ1n) is 6.41. The van der Waals surface area contributed by atoms with Crippen molar-refractivity contribution in [2.24, 2.45) is 0 Å². The summed E-state index contributed by atoms with van der Waals surface area (Å²) in [6.07, 6.45) is 1.64. The minimum absolute atomic E-state index is 0.327. The van der Waals surface area contributed by atoms with Crippen LogP contribution in [0, 0.1) is 18.3 Å². The molecule has 0 radical (unpaired) electrons. The van der Waals surface area contributed by atoms with Gasteiger partial charge in [-0.15, -0.1) is 0 Å². The Morgan fingerprint density at radius 1 is 1.14 bits per heavy atom. The summed E-state index contributed by atoms with van der Waals surface area (Å²) < 4.78 is 6.69. The molecule has 2 aromatic carbocycles. The number of hydrogen-bond donors (Lipinski definition) is 0. The number of ether oxygens (including phenoxy) is 1. The van der Waals surface area contributed by atoms with E-state index in [4.69, 9.17) is 4.74 Å². The maximum absolute atomic E-state index is 9.24. The van der Waals surface area contributed by atoms with E-state index in [0.29, 0.717) is 17.2 Å². The third kappa shape index (κ3) is 2.48. The van der Waals surface area contributed by atoms with E-state index in [-0.39, 0.29) is 0 Å². The van der Waals surface area contributed by atoms with Crippen molar-refractivity contribution in [3.05, 3.63) is 64.3 Å². The molecule has 0 saturated carbocycles. The molecule has 102 valence electrons. The van der Waals surface area contributed by atoms with Crippen molar-refractivity contribution < 1.29 is 4.74 Å². The van der Waals surface area contributed by atoms with E-state index in [1.165, 1.54) is 0 Å². The largest absolute Gasteiger partial charge is 0.436 e. The van der Waals surface area contributed by atoms with E-state index in [9.17, 15) is 5.26 Å². The first-order valence-corrected chi connectivity index (χ1v) is 7.21. The number of nitrogens with zero attached hydrogens (tertiary/aromatic N) is 2. The summed E-state index contributed by atoms with van der Waals surface area (Å²) in [5.74, 6) is 0.969. The summed E-state index contributed by atoms with van der Waals surface area (Å²) >= 11 is 3.57. The van der Waals surface area contributed by atoms with Crippen LogP contribution in [0.25, 0.3) is 10.8 Å². The van der Waals surface area contributed by atoms with Crippen LogP contribution in [0.2, 0.25) is 0 Å². The molecule has 0 atom stereocenters. The van der Waals surface area contributed by atoms with Crippen LogP contribution < -0.4 is 4.74 Å². The predicted molar refractivity (Wildman–Crippen MR) is 85.4 cm³/mol. The normalized spacial score (nSPS) is 10.3. The second-order valence-corrected chi connectivity index (χ2v) is 5.41. The van der Waals surface area contributed by atoms with Gasteiger partial charge < -0.3 is 4.74 Å². The van der Waals surface area contributed by atoms with Gasteiger partial charge in [0.2, 0.25) is 5.88 Å². The predicted octanol–water partition coefficient (Wildman–Crippen LogP) is 4.97. The zero-order valence-electron chi connectivity index (χ0n) is 11.3. The monoisotopic (exact) mass is 338 g/mol. The van der Waals surface area contributed by atoms with Gasteiger partial charge in [-0.2, -0.15) is 5.26 Å². The minimum Gasteiger partial charge on any atom is -0.436 e. The molecule has 0 aliphatic carbocycles. The van der Waals surface area contributed by atoms with Crippen molar-refractivity contribution >= 4 is 26.7 Å². The lowest BCUT2D eigenvalue weighted by molar-refractivity contribution is 0.459. The van der Waals surface area contributed by atoms with Crippen LogP contribution in [0.5, 0.6) is 11.6 Å². The van der Waals surface area contributed by atoms with Gasteiger partial charge in [0, 0.05) is 6.20 Å². The summed E-state index contributed by atoms with van der Waals surface area (Å²) in [6.45, 7) is 1.86. The second kappa shape index (κ2) is 5.55. The Labute approximate surface area is 130 Å². The molecular weight excluding hydrogens is 328 g/mol. The van der Waals surface area contributed by atoms with E-state index in [1.54, 1.807) is 12.3 Å². The van der Waals surface area contributed by atoms with E-state index < -0.39 is 0 Å². The van der Waals surface area contributed by atoms with Gasteiger partial charge in [-0.3, -0.25) is 0 Å². The molecule has 21 heavy (non-hydrogen) atoms. The Balaban J connectivity index is 2.09. The van der Waals surface area contributed by atoms with Gasteiger partial charge in [-0.1, -0.05) is 30.3 Å². The maximum Gasteiger partial charge on any atom is 0.237 e. The third-order valence-corrected chi connectivity index (χ3v) is 4.09. The third-order valence-electron chi connectivity index (χ3n) is 3.27. The topological polar surface area (TPSA) is 45.9 Å². The van der Waals surface area contributed by atoms with Gasteiger partial charge >= 0.3 is 0 Å². The maximum atomic E-state index is 9.24. The number of benzene rings is 2. The van der Waals surface area contributed by atoms with Crippen molar-refractivity contribution in [1.82, 2.24) is 4.98 Å². The van der Waals surface area contributed by atoms with E-state index in [0.717, 1.165) is 20.8 Å². The minimum atomic E-state index is 0.327. The summed E-state index contributed by atoms with van der Waals surface area (Å²) in [5, 5.41) is 11.4. The van der Waals surface area contributed by atoms with Gasteiger partial charge in [0.1, 0.15) is 17.4 Å². The highest BCUT2D eigenvalue weighted by Crippen LogP contribution is 2.36. The van der Waals surface area contributed by atoms with Crippen LogP contribution in [0.4, 0.5) is 0 Å². The Kier molecular flexibility index (Phi) is 3.59. The molecule has 0 unspecified atom stereocenters. The summed E-state index contributed by atoms with van der Waals surface area (Å²) in [6, 6.07) is 15.8. The molecular formula is C17H11BrN2O. The molecule has 3 aromatic rings. The Morgan fingerprint density at radius 2 is 1.95 bits per heavy atom. The van der Waals surface area contributed by atoms with Crippen molar-refractivity contribution in [1.29, 1.82) is 5.26 Å². The number of hydrogen-bond acceptors (Lipinski definition) is 3. The highest BCUT2D eigenvalue weighted by molar-refractivity contribution is 9.10. The summed E-state index contributed by atoms with van der Waals surface area (Å²) in [7, 11) is 0. The Hall–Kier alpha value is -2.38. The van der Waals surface area contributed by atoms with Crippen LogP contribution in [0.15, 0.2) is 53.1 Å². The van der Waals surface area contributed by atoms with Crippen LogP contribution in [-0.4, -0.2) is 4.98 Å². The van der Waals surface area contributed by atoms with Crippen molar-refractivity contribution in [2.45, 2.75) is 6.92 Å². The van der Waals surface area contributed by atoms with Crippen LogP contribution in [0.3, 0.4) is 0 Å². The Bertz CT molecular complexity index is 868. The molecule has 3 rings (SSSR count). The molecule has 1 heterocycles. The molecule has 0 saturated heterocycles. The van der Waals surface area contributed by atoms with Gasteiger partial charge in [0.05, 0.1) is 4.47 Å². The SMILES string of the molecule is Cc1ccnc(Oc2ccc3ccccc3c2Br)c1C#N. The molecule has 3 nitrogen and oxygen atoms in total. The average Bonchev–Trinajstić information content (AvgIpc) is 2.50. The standard InChI is InChI=1S/C17H11BrN2O/c1-11-8-9-20-17(14(11)10-19)21-15-7-6-12-4-2-3-5-13(12)16(15)18/h2-9H,1H3. The van der Waals surface area contributed by atoms with Gasteiger partial charge in [0.15, 0.2) is 0 Å². The molecule has 0 spiro atoms. The first-order chi connectivity index (χ1) is 10.2. The lowest BCUT2D eigenvalue weighted by Gasteiger charge is -2.11. The van der Waals surface area contributed by atoms with E-state index in [1.807, 2.05) is 43.3 Å². The summed E-state index contributed by atoms with van der Waals surface area (Å²) in [5.41, 5.74) is 1.30. The molecule has 0 aliphatic rings. The smallest absolute Gasteiger partial charge is 0.237 e. The van der Waals surface area contributed by atoms with Gasteiger partial charge in [0.25, 0.3) is 0 Å². The van der Waals surface area contributed by atoms with Crippen LogP contribution in [-0.2, 0) is 0 Å². The number of pyridine rings is 1. The molecule has 0 N–H and O–H groups in total. The van der Waals surface area contributed by atoms with Crippen molar-refractivity contribution in [3.8, 4) is 17.7 Å². The molecule has 0 amide bonds. The molecule has 1 aromatic heterocycles. The zero-order valence-corrected chi connectivity index (χ0v) is 12.9. The highest BCUT2D eigenvalue weighted by atomic mass is 79.9. The zero-order chi connectivity index (χ0) is 14.8. The number of nitriles is 1. The second-order valence-electron chi connectivity index (χ2n) is 4.62. The van der Waals surface area contributed by atoms with Gasteiger partial charge in [-0.25, -0.2) is 4.98 Å². The quantitative estimate of drug-likeness (QED) is 0.662. The lowest BCUT2D eigenvalue weighted by Crippen LogP contribution is -1.95. The van der Waals surface area contributed by atoms with E-state index in [2.05, 4.69) is 27.0 Å². The number of fused-ring (bicyclic) bond motifs is 1. The summed E-state index contributed by atoms with van der Waals surface area (Å²) in [4.78, 5) is 4.16. The number of halogens is 1. The number of aryl methyl sites for hydroxylation is 1. The fraction of sp³-hybridized carbons (Fsp3) is 0.0588. The van der Waals surface area contributed by atoms with Gasteiger partial charge in [-0.05, 0) is 51.3 Å². The van der Waals surface area contributed by atoms with Crippen molar-refractivity contribution in [2.75, 3.05) is 0 Å². The number of rotatable bonds is 2. The van der Waals surface area contributed by atoms with Crippen LogP contribution >= 0.6 is 15.9 Å². The molecule has 0 fully saturated rings. The van der Waals surface area contributed by atoms with Crippen molar-refractivity contribution in [3.63, 3.8) is 0 Å². The van der Waals surface area contributed by atoms with E-state index >= 15 is 0 Å². The first kappa shape index (κ1) is 13.6. The average molecular weight is 339 g/mol. The van der Waals surface area contributed by atoms with Crippen LogP contribution in [0.1, 0.15) is 11.1 Å². The molecule has 0 bridgehead atoms. The Morgan fingerprint density at radius 3 is 2.76 bits per heavy atom. The molecule has 4 heteroatoms.